The molecule has 0 amide bonds. The fourth-order valence-electron chi connectivity index (χ4n) is 1.06. The van der Waals surface area contributed by atoms with Crippen LogP contribution in [0.4, 0.5) is 0 Å². The summed E-state index contributed by atoms with van der Waals surface area (Å²) in [4.78, 5) is 10.4. The van der Waals surface area contributed by atoms with E-state index in [4.69, 9.17) is 0 Å². The third-order valence-corrected chi connectivity index (χ3v) is 2.78. The number of hydrogen-bond donors (Lipinski definition) is 0. The number of rotatable bonds is 3. The van der Waals surface area contributed by atoms with Crippen molar-refractivity contribution in [1.29, 1.82) is 0 Å². The summed E-state index contributed by atoms with van der Waals surface area (Å²) in [5.41, 5.74) is 1.26. The molecule has 1 aromatic carbocycles. The molecule has 2 heteroatoms. The Morgan fingerprint density at radius 2 is 2.17 bits per heavy atom. The first-order valence-electron chi connectivity index (χ1n) is 3.92. The molecule has 64 valence electrons. The summed E-state index contributed by atoms with van der Waals surface area (Å²) in [5.74, 6) is 0.126. The van der Waals surface area contributed by atoms with Crippen molar-refractivity contribution in [1.82, 2.24) is 0 Å². The van der Waals surface area contributed by atoms with Crippen LogP contribution in [-0.4, -0.2) is 6.29 Å². The standard InChI is InChI=1S/C10H11IO/c1-8(7-12)6-9-4-2-3-5-10(9)11/h2-5,7-8H,6H2,1H3. The van der Waals surface area contributed by atoms with Crippen molar-refractivity contribution in [3.8, 4) is 0 Å². The molecule has 0 saturated carbocycles. The van der Waals surface area contributed by atoms with E-state index in [1.165, 1.54) is 9.13 Å². The Morgan fingerprint density at radius 3 is 2.75 bits per heavy atom. The number of carbonyl (C=O) groups excluding carboxylic acids is 1. The Morgan fingerprint density at radius 1 is 1.50 bits per heavy atom. The van der Waals surface area contributed by atoms with E-state index < -0.39 is 0 Å². The van der Waals surface area contributed by atoms with E-state index in [1.807, 2.05) is 19.1 Å². The van der Waals surface area contributed by atoms with Gasteiger partial charge in [-0.3, -0.25) is 0 Å². The summed E-state index contributed by atoms with van der Waals surface area (Å²) >= 11 is 2.29. The number of aldehydes is 1. The lowest BCUT2D eigenvalue weighted by Crippen LogP contribution is -2.01. The largest absolute Gasteiger partial charge is 0.303 e. The Balaban J connectivity index is 2.75. The van der Waals surface area contributed by atoms with E-state index in [1.54, 1.807) is 0 Å². The molecule has 1 rings (SSSR count). The van der Waals surface area contributed by atoms with Crippen molar-refractivity contribution in [2.45, 2.75) is 13.3 Å². The van der Waals surface area contributed by atoms with Gasteiger partial charge in [-0.05, 0) is 40.6 Å². The summed E-state index contributed by atoms with van der Waals surface area (Å²) in [5, 5.41) is 0. The normalized spacial score (nSPS) is 12.5. The van der Waals surface area contributed by atoms with E-state index in [0.717, 1.165) is 12.7 Å². The average molecular weight is 274 g/mol. The summed E-state index contributed by atoms with van der Waals surface area (Å²) in [7, 11) is 0. The highest BCUT2D eigenvalue weighted by atomic mass is 127. The number of halogens is 1. The summed E-state index contributed by atoms with van der Waals surface area (Å²) in [6.07, 6.45) is 1.85. The van der Waals surface area contributed by atoms with Crippen molar-refractivity contribution in [3.63, 3.8) is 0 Å². The fourth-order valence-corrected chi connectivity index (χ4v) is 1.67. The molecule has 1 nitrogen and oxygen atoms in total. The third-order valence-electron chi connectivity index (χ3n) is 1.73. The van der Waals surface area contributed by atoms with Gasteiger partial charge >= 0.3 is 0 Å². The molecule has 0 bridgehead atoms. The predicted molar refractivity (Wildman–Crippen MR) is 58.1 cm³/mol. The maximum atomic E-state index is 10.4. The van der Waals surface area contributed by atoms with Gasteiger partial charge in [0.15, 0.2) is 0 Å². The van der Waals surface area contributed by atoms with E-state index in [0.29, 0.717) is 0 Å². The first kappa shape index (κ1) is 9.71. The van der Waals surface area contributed by atoms with Crippen LogP contribution in [-0.2, 0) is 11.2 Å². The zero-order valence-corrected chi connectivity index (χ0v) is 9.11. The van der Waals surface area contributed by atoms with Gasteiger partial charge in [0.25, 0.3) is 0 Å². The molecule has 0 heterocycles. The van der Waals surface area contributed by atoms with E-state index in [2.05, 4.69) is 34.7 Å². The van der Waals surface area contributed by atoms with Gasteiger partial charge in [0, 0.05) is 9.49 Å². The van der Waals surface area contributed by atoms with Crippen LogP contribution >= 0.6 is 22.6 Å². The Labute approximate surface area is 86.3 Å². The monoisotopic (exact) mass is 274 g/mol. The molecule has 0 N–H and O–H groups in total. The number of carbonyl (C=O) groups is 1. The Hall–Kier alpha value is -0.380. The molecule has 0 aliphatic heterocycles. The van der Waals surface area contributed by atoms with Crippen LogP contribution in [0.3, 0.4) is 0 Å². The second-order valence-corrected chi connectivity index (χ2v) is 4.07. The van der Waals surface area contributed by atoms with Crippen LogP contribution in [0.2, 0.25) is 0 Å². The van der Waals surface area contributed by atoms with Gasteiger partial charge in [0.05, 0.1) is 0 Å². The second kappa shape index (κ2) is 4.60. The summed E-state index contributed by atoms with van der Waals surface area (Å²) in [6.45, 7) is 1.94. The summed E-state index contributed by atoms with van der Waals surface area (Å²) in [6, 6.07) is 8.15. The van der Waals surface area contributed by atoms with Crippen LogP contribution in [0.5, 0.6) is 0 Å². The maximum Gasteiger partial charge on any atom is 0.123 e. The zero-order chi connectivity index (χ0) is 8.97. The number of hydrogen-bond acceptors (Lipinski definition) is 1. The van der Waals surface area contributed by atoms with Gasteiger partial charge in [-0.2, -0.15) is 0 Å². The van der Waals surface area contributed by atoms with E-state index in [-0.39, 0.29) is 5.92 Å². The zero-order valence-electron chi connectivity index (χ0n) is 6.96. The van der Waals surface area contributed by atoms with Gasteiger partial charge in [0.1, 0.15) is 6.29 Å². The van der Waals surface area contributed by atoms with Crippen molar-refractivity contribution in [3.05, 3.63) is 33.4 Å². The Bertz CT molecular complexity index is 270. The van der Waals surface area contributed by atoms with Gasteiger partial charge in [0.2, 0.25) is 0 Å². The lowest BCUT2D eigenvalue weighted by molar-refractivity contribution is -0.110. The first-order chi connectivity index (χ1) is 5.74. The summed E-state index contributed by atoms with van der Waals surface area (Å²) < 4.78 is 1.24. The molecule has 0 fully saturated rings. The highest BCUT2D eigenvalue weighted by molar-refractivity contribution is 14.1. The van der Waals surface area contributed by atoms with E-state index >= 15 is 0 Å². The molecule has 1 atom stereocenters. The Kier molecular flexibility index (Phi) is 3.72. The molecule has 0 spiro atoms. The topological polar surface area (TPSA) is 17.1 Å². The van der Waals surface area contributed by atoms with Crippen LogP contribution in [0.15, 0.2) is 24.3 Å². The molecule has 0 saturated heterocycles. The molecule has 0 aliphatic carbocycles. The lowest BCUT2D eigenvalue weighted by Gasteiger charge is -2.05. The van der Waals surface area contributed by atoms with Gasteiger partial charge in [-0.1, -0.05) is 25.1 Å². The van der Waals surface area contributed by atoms with Crippen LogP contribution in [0.1, 0.15) is 12.5 Å². The van der Waals surface area contributed by atoms with Gasteiger partial charge in [-0.15, -0.1) is 0 Å². The van der Waals surface area contributed by atoms with Crippen molar-refractivity contribution in [2.24, 2.45) is 5.92 Å². The molecule has 0 aliphatic rings. The second-order valence-electron chi connectivity index (χ2n) is 2.91. The lowest BCUT2D eigenvalue weighted by atomic mass is 10.0. The van der Waals surface area contributed by atoms with Crippen LogP contribution in [0.25, 0.3) is 0 Å². The molecule has 0 aromatic heterocycles. The van der Waals surface area contributed by atoms with Gasteiger partial charge < -0.3 is 4.79 Å². The third kappa shape index (κ3) is 2.59. The van der Waals surface area contributed by atoms with Crippen LogP contribution in [0, 0.1) is 9.49 Å². The smallest absolute Gasteiger partial charge is 0.123 e. The van der Waals surface area contributed by atoms with Crippen LogP contribution < -0.4 is 0 Å². The molecule has 0 radical (unpaired) electrons. The van der Waals surface area contributed by atoms with Crippen molar-refractivity contribution in [2.75, 3.05) is 0 Å². The predicted octanol–water partition coefficient (Wildman–Crippen LogP) is 2.67. The molecule has 12 heavy (non-hydrogen) atoms. The first-order valence-corrected chi connectivity index (χ1v) is 5.00. The minimum Gasteiger partial charge on any atom is -0.303 e. The van der Waals surface area contributed by atoms with Gasteiger partial charge in [-0.25, -0.2) is 0 Å². The SMILES string of the molecule is CC(C=O)Cc1ccccc1I. The molecule has 1 unspecified atom stereocenters. The van der Waals surface area contributed by atoms with E-state index in [9.17, 15) is 4.79 Å². The molecular weight excluding hydrogens is 263 g/mol. The maximum absolute atomic E-state index is 10.4. The highest BCUT2D eigenvalue weighted by Crippen LogP contribution is 2.14. The fraction of sp³-hybridized carbons (Fsp3) is 0.300. The van der Waals surface area contributed by atoms with Crippen molar-refractivity contribution >= 4 is 28.9 Å². The molecule has 1 aromatic rings. The minimum atomic E-state index is 0.126. The minimum absolute atomic E-state index is 0.126. The average Bonchev–Trinajstić information content (AvgIpc) is 2.09. The number of benzene rings is 1. The van der Waals surface area contributed by atoms with Crippen molar-refractivity contribution < 1.29 is 4.79 Å². The highest BCUT2D eigenvalue weighted by Gasteiger charge is 2.03. The quantitative estimate of drug-likeness (QED) is 0.611. The molecular formula is C10H11IO.